The maximum absolute atomic E-state index is 12.4. The highest BCUT2D eigenvalue weighted by Gasteiger charge is 2.29. The molecule has 1 aliphatic heterocycles. The van der Waals surface area contributed by atoms with Gasteiger partial charge in [0.25, 0.3) is 0 Å². The second-order valence-electron chi connectivity index (χ2n) is 6.40. The highest BCUT2D eigenvalue weighted by atomic mass is 35.5. The first kappa shape index (κ1) is 17.4. The average molecular weight is 364 g/mol. The summed E-state index contributed by atoms with van der Waals surface area (Å²) in [4.78, 5) is 18.3. The number of hydrogen-bond donors (Lipinski definition) is 2. The van der Waals surface area contributed by atoms with Gasteiger partial charge in [-0.2, -0.15) is 0 Å². The number of halogens is 1. The minimum Gasteiger partial charge on any atom is -0.347 e. The molecule has 1 aromatic carbocycles. The molecule has 1 saturated heterocycles. The molecule has 2 N–H and O–H groups in total. The van der Waals surface area contributed by atoms with E-state index < -0.39 is 0 Å². The summed E-state index contributed by atoms with van der Waals surface area (Å²) in [5.74, 6) is 0.584. The van der Waals surface area contributed by atoms with Gasteiger partial charge in [0.1, 0.15) is 5.01 Å². The molecule has 128 valence electrons. The molecule has 1 aromatic heterocycles. The third-order valence-corrected chi connectivity index (χ3v) is 6.00. The van der Waals surface area contributed by atoms with Crippen molar-refractivity contribution in [1.82, 2.24) is 15.6 Å². The number of benzene rings is 1. The average Bonchev–Trinajstić information content (AvgIpc) is 2.88. The zero-order valence-electron chi connectivity index (χ0n) is 14.1. The van der Waals surface area contributed by atoms with Gasteiger partial charge in [0, 0.05) is 21.4 Å². The van der Waals surface area contributed by atoms with Crippen LogP contribution in [0.25, 0.3) is 11.3 Å². The number of carbonyl (C=O) groups excluding carboxylic acids is 1. The van der Waals surface area contributed by atoms with Crippen LogP contribution in [-0.2, 0) is 4.79 Å². The number of rotatable bonds is 5. The number of carbonyl (C=O) groups is 1. The van der Waals surface area contributed by atoms with Crippen molar-refractivity contribution in [2.24, 2.45) is 11.8 Å². The summed E-state index contributed by atoms with van der Waals surface area (Å²) in [6.07, 6.45) is 0. The molecule has 0 bridgehead atoms. The van der Waals surface area contributed by atoms with Crippen molar-refractivity contribution >= 4 is 28.8 Å². The minimum absolute atomic E-state index is 0.0329. The van der Waals surface area contributed by atoms with E-state index in [0.29, 0.717) is 10.9 Å². The predicted octanol–water partition coefficient (Wildman–Crippen LogP) is 3.80. The van der Waals surface area contributed by atoms with Gasteiger partial charge < -0.3 is 10.6 Å². The normalized spacial score (nSPS) is 17.2. The standard InChI is InChI=1S/C18H22ClN3OS/c1-10(14-8-20-9-14)17(23)21-11(2)18-22-16(12(3)24-18)13-4-6-15(19)7-5-13/h4-7,10-11,14,20H,8-9H2,1-3H3,(H,21,23). The van der Waals surface area contributed by atoms with Crippen molar-refractivity contribution in [2.75, 3.05) is 13.1 Å². The maximum atomic E-state index is 12.4. The molecule has 2 atom stereocenters. The number of nitrogens with zero attached hydrogens (tertiary/aromatic N) is 1. The van der Waals surface area contributed by atoms with E-state index in [1.165, 1.54) is 0 Å². The second-order valence-corrected chi connectivity index (χ2v) is 8.07. The molecular formula is C18H22ClN3OS. The fourth-order valence-electron chi connectivity index (χ4n) is 2.76. The number of thiazole rings is 1. The van der Waals surface area contributed by atoms with Crippen LogP contribution in [0.3, 0.4) is 0 Å². The number of nitrogens with one attached hydrogen (secondary N) is 2. The lowest BCUT2D eigenvalue weighted by molar-refractivity contribution is -0.127. The Bertz CT molecular complexity index is 724. The molecule has 3 rings (SSSR count). The van der Waals surface area contributed by atoms with Crippen LogP contribution in [0.2, 0.25) is 5.02 Å². The summed E-state index contributed by atoms with van der Waals surface area (Å²) >= 11 is 7.59. The molecule has 6 heteroatoms. The number of aryl methyl sites for hydroxylation is 1. The SMILES string of the molecule is Cc1sc(C(C)NC(=O)C(C)C2CNC2)nc1-c1ccc(Cl)cc1. The Labute approximate surface area is 151 Å². The molecule has 4 nitrogen and oxygen atoms in total. The van der Waals surface area contributed by atoms with Crippen LogP contribution in [0, 0.1) is 18.8 Å². The van der Waals surface area contributed by atoms with Crippen molar-refractivity contribution in [2.45, 2.75) is 26.8 Å². The van der Waals surface area contributed by atoms with Gasteiger partial charge in [-0.3, -0.25) is 4.79 Å². The largest absolute Gasteiger partial charge is 0.347 e. The molecule has 2 unspecified atom stereocenters. The van der Waals surface area contributed by atoms with Crippen molar-refractivity contribution in [1.29, 1.82) is 0 Å². The van der Waals surface area contributed by atoms with Gasteiger partial charge in [0.05, 0.1) is 11.7 Å². The zero-order chi connectivity index (χ0) is 17.3. The summed E-state index contributed by atoms with van der Waals surface area (Å²) in [5, 5.41) is 7.97. The van der Waals surface area contributed by atoms with Crippen molar-refractivity contribution in [3.63, 3.8) is 0 Å². The van der Waals surface area contributed by atoms with E-state index in [1.54, 1.807) is 11.3 Å². The maximum Gasteiger partial charge on any atom is 0.223 e. The zero-order valence-corrected chi connectivity index (χ0v) is 15.7. The molecular weight excluding hydrogens is 342 g/mol. The first-order valence-corrected chi connectivity index (χ1v) is 9.39. The molecule has 0 aliphatic carbocycles. The van der Waals surface area contributed by atoms with Crippen molar-refractivity contribution < 1.29 is 4.79 Å². The van der Waals surface area contributed by atoms with Crippen LogP contribution < -0.4 is 10.6 Å². The van der Waals surface area contributed by atoms with Gasteiger partial charge in [0.15, 0.2) is 0 Å². The van der Waals surface area contributed by atoms with E-state index in [9.17, 15) is 4.79 Å². The van der Waals surface area contributed by atoms with Crippen LogP contribution in [0.4, 0.5) is 0 Å². The van der Waals surface area contributed by atoms with Crippen molar-refractivity contribution in [3.05, 3.63) is 39.2 Å². The van der Waals surface area contributed by atoms with E-state index in [-0.39, 0.29) is 17.9 Å². The van der Waals surface area contributed by atoms with E-state index >= 15 is 0 Å². The fraction of sp³-hybridized carbons (Fsp3) is 0.444. The van der Waals surface area contributed by atoms with Gasteiger partial charge in [-0.15, -0.1) is 11.3 Å². The summed E-state index contributed by atoms with van der Waals surface area (Å²) in [6.45, 7) is 7.91. The number of hydrogen-bond acceptors (Lipinski definition) is 4. The lowest BCUT2D eigenvalue weighted by atomic mass is 9.88. The molecule has 0 spiro atoms. The summed E-state index contributed by atoms with van der Waals surface area (Å²) in [7, 11) is 0. The summed E-state index contributed by atoms with van der Waals surface area (Å²) < 4.78 is 0. The smallest absolute Gasteiger partial charge is 0.223 e. The molecule has 0 radical (unpaired) electrons. The Kier molecular flexibility index (Phi) is 5.23. The van der Waals surface area contributed by atoms with Gasteiger partial charge in [-0.25, -0.2) is 4.98 Å². The molecule has 2 aromatic rings. The summed E-state index contributed by atoms with van der Waals surface area (Å²) in [5.41, 5.74) is 2.01. The van der Waals surface area contributed by atoms with E-state index in [4.69, 9.17) is 16.6 Å². The van der Waals surface area contributed by atoms with Crippen LogP contribution in [0.15, 0.2) is 24.3 Å². The van der Waals surface area contributed by atoms with E-state index in [1.807, 2.05) is 38.1 Å². The molecule has 1 amide bonds. The highest BCUT2D eigenvalue weighted by molar-refractivity contribution is 7.12. The Morgan fingerprint density at radius 2 is 2.00 bits per heavy atom. The van der Waals surface area contributed by atoms with Crippen LogP contribution in [0.5, 0.6) is 0 Å². The first-order valence-electron chi connectivity index (χ1n) is 8.20. The Morgan fingerprint density at radius 3 is 2.58 bits per heavy atom. The van der Waals surface area contributed by atoms with Crippen LogP contribution in [-0.4, -0.2) is 24.0 Å². The monoisotopic (exact) mass is 363 g/mol. The topological polar surface area (TPSA) is 54.0 Å². The number of aromatic nitrogens is 1. The first-order chi connectivity index (χ1) is 11.5. The summed E-state index contributed by atoms with van der Waals surface area (Å²) in [6, 6.07) is 7.60. The van der Waals surface area contributed by atoms with Gasteiger partial charge >= 0.3 is 0 Å². The number of amides is 1. The highest BCUT2D eigenvalue weighted by Crippen LogP contribution is 2.31. The quantitative estimate of drug-likeness (QED) is 0.849. The van der Waals surface area contributed by atoms with E-state index in [0.717, 1.165) is 34.2 Å². The van der Waals surface area contributed by atoms with Gasteiger partial charge in [0.2, 0.25) is 5.91 Å². The van der Waals surface area contributed by atoms with Gasteiger partial charge in [-0.1, -0.05) is 30.7 Å². The third kappa shape index (κ3) is 3.63. The third-order valence-electron chi connectivity index (χ3n) is 4.59. The molecule has 1 fully saturated rings. The lowest BCUT2D eigenvalue weighted by Crippen LogP contribution is -2.49. The lowest BCUT2D eigenvalue weighted by Gasteiger charge is -2.32. The molecule has 0 saturated carbocycles. The van der Waals surface area contributed by atoms with E-state index in [2.05, 4.69) is 17.6 Å². The Balaban J connectivity index is 1.71. The fourth-order valence-corrected chi connectivity index (χ4v) is 3.84. The van der Waals surface area contributed by atoms with Crippen molar-refractivity contribution in [3.8, 4) is 11.3 Å². The molecule has 2 heterocycles. The Hall–Kier alpha value is -1.43. The van der Waals surface area contributed by atoms with Crippen LogP contribution in [0.1, 0.15) is 29.8 Å². The molecule has 24 heavy (non-hydrogen) atoms. The predicted molar refractivity (Wildman–Crippen MR) is 99.4 cm³/mol. The molecule has 1 aliphatic rings. The Morgan fingerprint density at radius 1 is 1.33 bits per heavy atom. The minimum atomic E-state index is -0.0854. The van der Waals surface area contributed by atoms with Crippen LogP contribution >= 0.6 is 22.9 Å². The second kappa shape index (κ2) is 7.21. The van der Waals surface area contributed by atoms with Gasteiger partial charge in [-0.05, 0) is 45.0 Å².